The Morgan fingerprint density at radius 1 is 0.400 bits per heavy atom. The molecule has 2 heteroatoms. The van der Waals surface area contributed by atoms with Crippen molar-refractivity contribution in [3.05, 3.63) is 186 Å². The lowest BCUT2D eigenvalue weighted by Crippen LogP contribution is -2.32. The average molecular weight is 574 g/mol. The van der Waals surface area contributed by atoms with Gasteiger partial charge >= 0.3 is 0 Å². The maximum Gasteiger partial charge on any atom is 0.132 e. The van der Waals surface area contributed by atoms with Crippen LogP contribution in [0.2, 0.25) is 0 Å². The molecule has 1 spiro atoms. The van der Waals surface area contributed by atoms with Gasteiger partial charge in [-0.3, -0.25) is 0 Å². The molecule has 0 bridgehead atoms. The van der Waals surface area contributed by atoms with Crippen molar-refractivity contribution in [3.8, 4) is 39.4 Å². The molecule has 10 rings (SSSR count). The third-order valence-corrected chi connectivity index (χ3v) is 9.89. The number of benzene rings is 7. The van der Waals surface area contributed by atoms with E-state index in [0.29, 0.717) is 0 Å². The topological polar surface area (TPSA) is 14.2 Å². The van der Waals surface area contributed by atoms with E-state index in [9.17, 15) is 0 Å². The molecule has 7 aromatic carbocycles. The molecule has 210 valence electrons. The lowest BCUT2D eigenvalue weighted by atomic mass is 9.66. The summed E-state index contributed by atoms with van der Waals surface area (Å²) in [7, 11) is 0. The van der Waals surface area contributed by atoms with Crippen LogP contribution < -0.4 is 4.74 Å². The molecule has 0 radical (unpaired) electrons. The van der Waals surface area contributed by atoms with Crippen LogP contribution in [0.1, 0.15) is 22.3 Å². The molecule has 0 saturated heterocycles. The highest BCUT2D eigenvalue weighted by Crippen LogP contribution is 2.62. The van der Waals surface area contributed by atoms with E-state index in [4.69, 9.17) is 4.74 Å². The van der Waals surface area contributed by atoms with Crippen molar-refractivity contribution in [1.82, 2.24) is 4.57 Å². The number of rotatable bonds is 2. The Kier molecular flexibility index (Phi) is 4.95. The summed E-state index contributed by atoms with van der Waals surface area (Å²) in [6.45, 7) is 0. The number of hydrogen-bond donors (Lipinski definition) is 0. The third-order valence-electron chi connectivity index (χ3n) is 9.89. The fourth-order valence-electron chi connectivity index (χ4n) is 8.04. The van der Waals surface area contributed by atoms with Crippen LogP contribution in [0.3, 0.4) is 0 Å². The maximum atomic E-state index is 6.63. The van der Waals surface area contributed by atoms with Crippen LogP contribution in [0, 0.1) is 0 Å². The molecule has 0 N–H and O–H groups in total. The first-order valence-corrected chi connectivity index (χ1v) is 15.5. The van der Waals surface area contributed by atoms with Gasteiger partial charge < -0.3 is 9.30 Å². The zero-order valence-corrected chi connectivity index (χ0v) is 24.4. The summed E-state index contributed by atoms with van der Waals surface area (Å²) >= 11 is 0. The largest absolute Gasteiger partial charge is 0.457 e. The third kappa shape index (κ3) is 3.23. The standard InChI is InChI=1S/C43H27NO/c1-5-15-35-31(11-1)32-12-2-6-16-36(32)43(35)37-17-7-10-20-41(37)45-42-26-23-29(27-38(42)43)28-21-24-30(25-22-28)44-39-18-8-3-13-33(39)34-14-4-9-19-40(34)44/h1-27H. The number of hydrogen-bond acceptors (Lipinski definition) is 1. The van der Waals surface area contributed by atoms with E-state index in [1.807, 2.05) is 0 Å². The molecule has 45 heavy (non-hydrogen) atoms. The van der Waals surface area contributed by atoms with Gasteiger partial charge in [0.25, 0.3) is 0 Å². The second kappa shape index (κ2) is 9.07. The van der Waals surface area contributed by atoms with E-state index in [2.05, 4.69) is 168 Å². The zero-order valence-electron chi connectivity index (χ0n) is 24.4. The number of para-hydroxylation sites is 3. The lowest BCUT2D eigenvalue weighted by molar-refractivity contribution is 0.436. The summed E-state index contributed by atoms with van der Waals surface area (Å²) in [4.78, 5) is 0. The van der Waals surface area contributed by atoms with E-state index >= 15 is 0 Å². The number of fused-ring (bicyclic) bond motifs is 12. The summed E-state index contributed by atoms with van der Waals surface area (Å²) in [6.07, 6.45) is 0. The summed E-state index contributed by atoms with van der Waals surface area (Å²) in [5.74, 6) is 1.82. The molecule has 1 aliphatic carbocycles. The van der Waals surface area contributed by atoms with E-state index in [1.54, 1.807) is 0 Å². The van der Waals surface area contributed by atoms with Crippen molar-refractivity contribution < 1.29 is 4.74 Å². The van der Waals surface area contributed by atoms with Crippen LogP contribution in [0.4, 0.5) is 0 Å². The fraction of sp³-hybridized carbons (Fsp3) is 0.0233. The van der Waals surface area contributed by atoms with Gasteiger partial charge in [0, 0.05) is 27.6 Å². The second-order valence-electron chi connectivity index (χ2n) is 12.1. The molecular weight excluding hydrogens is 546 g/mol. The summed E-state index contributed by atoms with van der Waals surface area (Å²) in [5, 5.41) is 2.55. The van der Waals surface area contributed by atoms with Crippen LogP contribution in [0.5, 0.6) is 11.5 Å². The molecule has 0 saturated carbocycles. The lowest BCUT2D eigenvalue weighted by Gasteiger charge is -2.39. The van der Waals surface area contributed by atoms with Gasteiger partial charge in [-0.1, -0.05) is 121 Å². The Morgan fingerprint density at radius 3 is 1.58 bits per heavy atom. The number of nitrogens with zero attached hydrogens (tertiary/aromatic N) is 1. The van der Waals surface area contributed by atoms with Gasteiger partial charge in [0.05, 0.1) is 16.4 Å². The van der Waals surface area contributed by atoms with Crippen molar-refractivity contribution in [2.24, 2.45) is 0 Å². The SMILES string of the molecule is c1ccc2c(c1)Oc1ccc(-c3ccc(-n4c5ccccc5c5ccccc54)cc3)cc1C21c2ccccc2-c2ccccc21. The van der Waals surface area contributed by atoms with E-state index in [-0.39, 0.29) is 0 Å². The molecule has 8 aromatic rings. The fourth-order valence-corrected chi connectivity index (χ4v) is 8.04. The van der Waals surface area contributed by atoms with Gasteiger partial charge in [-0.2, -0.15) is 0 Å². The van der Waals surface area contributed by atoms with Crippen molar-refractivity contribution >= 4 is 21.8 Å². The smallest absolute Gasteiger partial charge is 0.132 e. The first kappa shape index (κ1) is 24.6. The summed E-state index contributed by atoms with van der Waals surface area (Å²) in [6, 6.07) is 59.3. The van der Waals surface area contributed by atoms with Crippen LogP contribution in [0.15, 0.2) is 164 Å². The molecule has 2 aliphatic rings. The first-order chi connectivity index (χ1) is 22.3. The zero-order chi connectivity index (χ0) is 29.5. The highest BCUT2D eigenvalue weighted by molar-refractivity contribution is 6.09. The molecule has 0 atom stereocenters. The molecule has 2 nitrogen and oxygen atoms in total. The molecule has 0 fully saturated rings. The molecule has 2 heterocycles. The van der Waals surface area contributed by atoms with Crippen molar-refractivity contribution in [3.63, 3.8) is 0 Å². The maximum absolute atomic E-state index is 6.63. The number of ether oxygens (including phenoxy) is 1. The van der Waals surface area contributed by atoms with Gasteiger partial charge in [0.2, 0.25) is 0 Å². The minimum absolute atomic E-state index is 0.462. The Bertz CT molecular complexity index is 2370. The van der Waals surface area contributed by atoms with Crippen LogP contribution in [-0.2, 0) is 5.41 Å². The Hall–Kier alpha value is -5.86. The molecule has 1 aliphatic heterocycles. The van der Waals surface area contributed by atoms with Gasteiger partial charge in [-0.25, -0.2) is 0 Å². The summed E-state index contributed by atoms with van der Waals surface area (Å²) in [5.41, 5.74) is 13.0. The van der Waals surface area contributed by atoms with Crippen molar-refractivity contribution in [1.29, 1.82) is 0 Å². The second-order valence-corrected chi connectivity index (χ2v) is 12.1. The Morgan fingerprint density at radius 2 is 0.911 bits per heavy atom. The molecule has 1 aromatic heterocycles. The minimum atomic E-state index is -0.462. The Labute approximate surface area is 261 Å². The van der Waals surface area contributed by atoms with Gasteiger partial charge in [0.15, 0.2) is 0 Å². The average Bonchev–Trinajstić information content (AvgIpc) is 3.60. The van der Waals surface area contributed by atoms with E-state index in [0.717, 1.165) is 17.2 Å². The first-order valence-electron chi connectivity index (χ1n) is 15.5. The van der Waals surface area contributed by atoms with Crippen molar-refractivity contribution in [2.45, 2.75) is 5.41 Å². The highest BCUT2D eigenvalue weighted by atomic mass is 16.5. The Balaban J connectivity index is 1.17. The van der Waals surface area contributed by atoms with Crippen LogP contribution in [-0.4, -0.2) is 4.57 Å². The monoisotopic (exact) mass is 573 g/mol. The van der Waals surface area contributed by atoms with Crippen LogP contribution in [0.25, 0.3) is 49.7 Å². The van der Waals surface area contributed by atoms with E-state index < -0.39 is 5.41 Å². The molecule has 0 amide bonds. The van der Waals surface area contributed by atoms with Gasteiger partial charge in [-0.15, -0.1) is 0 Å². The predicted molar refractivity (Wildman–Crippen MR) is 184 cm³/mol. The highest BCUT2D eigenvalue weighted by Gasteiger charge is 2.50. The predicted octanol–water partition coefficient (Wildman–Crippen LogP) is 10.9. The normalized spacial score (nSPS) is 13.7. The van der Waals surface area contributed by atoms with Crippen LogP contribution >= 0.6 is 0 Å². The van der Waals surface area contributed by atoms with E-state index in [1.165, 1.54) is 66.3 Å². The number of aromatic nitrogens is 1. The van der Waals surface area contributed by atoms with Gasteiger partial charge in [-0.05, 0) is 75.8 Å². The molecule has 0 unspecified atom stereocenters. The molecular formula is C43H27NO. The van der Waals surface area contributed by atoms with Crippen molar-refractivity contribution in [2.75, 3.05) is 0 Å². The minimum Gasteiger partial charge on any atom is -0.457 e. The van der Waals surface area contributed by atoms with Gasteiger partial charge in [0.1, 0.15) is 11.5 Å². The quantitative estimate of drug-likeness (QED) is 0.201. The summed E-state index contributed by atoms with van der Waals surface area (Å²) < 4.78 is 9.00.